The molecule has 2 aliphatic heterocycles. The molecule has 0 aliphatic carbocycles. The monoisotopic (exact) mass is 541 g/mol. The van der Waals surface area contributed by atoms with Crippen molar-refractivity contribution >= 4 is 17.7 Å². The molecule has 8 heteroatoms. The van der Waals surface area contributed by atoms with Gasteiger partial charge >= 0.3 is 0 Å². The van der Waals surface area contributed by atoms with E-state index in [0.717, 1.165) is 11.1 Å². The number of ether oxygens (including phenoxy) is 2. The SMILES string of the molecule is COc1ccc(C(=O)N2CCC3(CC2)OC[C@@H](C(=O)N[C@H](C)c2ccccc2)N3C(=O)c2ccccc2C)cc1. The largest absolute Gasteiger partial charge is 0.497 e. The van der Waals surface area contributed by atoms with E-state index in [1.165, 1.54) is 0 Å². The summed E-state index contributed by atoms with van der Waals surface area (Å²) < 4.78 is 11.6. The standard InChI is InChI=1S/C32H35N3O5/c1-22-9-7-8-12-27(22)31(38)35-28(29(36)33-23(2)24-10-5-4-6-11-24)21-40-32(35)17-19-34(20-18-32)30(37)25-13-15-26(39-3)16-14-25/h4-16,23,28H,17-21H2,1-3H3,(H,33,36)/t23-,28+/m1/s1. The Balaban J connectivity index is 1.37. The summed E-state index contributed by atoms with van der Waals surface area (Å²) in [6.07, 6.45) is 0.815. The second-order valence-corrected chi connectivity index (χ2v) is 10.4. The molecule has 1 N–H and O–H groups in total. The van der Waals surface area contributed by atoms with Gasteiger partial charge in [-0.05, 0) is 55.3 Å². The number of piperidine rings is 1. The highest BCUT2D eigenvalue weighted by atomic mass is 16.5. The summed E-state index contributed by atoms with van der Waals surface area (Å²) in [5.74, 6) is 0.105. The number of hydrogen-bond acceptors (Lipinski definition) is 5. The Bertz CT molecular complexity index is 1370. The molecule has 0 aromatic heterocycles. The van der Waals surface area contributed by atoms with Crippen LogP contribution in [-0.4, -0.2) is 66.1 Å². The number of benzene rings is 3. The van der Waals surface area contributed by atoms with Crippen molar-refractivity contribution in [3.8, 4) is 5.75 Å². The van der Waals surface area contributed by atoms with Crippen LogP contribution < -0.4 is 10.1 Å². The molecule has 3 aromatic rings. The van der Waals surface area contributed by atoms with Crippen molar-refractivity contribution in [2.24, 2.45) is 0 Å². The van der Waals surface area contributed by atoms with E-state index in [4.69, 9.17) is 9.47 Å². The quantitative estimate of drug-likeness (QED) is 0.501. The molecule has 3 aromatic carbocycles. The summed E-state index contributed by atoms with van der Waals surface area (Å²) in [5.41, 5.74) is 1.95. The average Bonchev–Trinajstić information content (AvgIpc) is 3.36. The number of hydrogen-bond donors (Lipinski definition) is 1. The van der Waals surface area contributed by atoms with Crippen molar-refractivity contribution in [3.05, 3.63) is 101 Å². The summed E-state index contributed by atoms with van der Waals surface area (Å²) in [4.78, 5) is 44.3. The minimum Gasteiger partial charge on any atom is -0.497 e. The minimum atomic E-state index is -0.978. The van der Waals surface area contributed by atoms with E-state index in [2.05, 4.69) is 5.32 Å². The highest BCUT2D eigenvalue weighted by Gasteiger charge is 2.54. The Labute approximate surface area is 234 Å². The van der Waals surface area contributed by atoms with Crippen molar-refractivity contribution in [1.82, 2.24) is 15.1 Å². The fraction of sp³-hybridized carbons (Fsp3) is 0.344. The Morgan fingerprint density at radius 1 is 0.925 bits per heavy atom. The van der Waals surface area contributed by atoms with Crippen LogP contribution in [0.4, 0.5) is 0 Å². The number of aryl methyl sites for hydroxylation is 1. The lowest BCUT2D eigenvalue weighted by Crippen LogP contribution is -2.60. The highest BCUT2D eigenvalue weighted by Crippen LogP contribution is 2.39. The predicted octanol–water partition coefficient (Wildman–Crippen LogP) is 4.35. The van der Waals surface area contributed by atoms with Gasteiger partial charge in [0, 0.05) is 37.1 Å². The normalized spacial score (nSPS) is 18.8. The van der Waals surface area contributed by atoms with Gasteiger partial charge in [0.05, 0.1) is 19.8 Å². The molecular weight excluding hydrogens is 506 g/mol. The highest BCUT2D eigenvalue weighted by molar-refractivity contribution is 5.99. The van der Waals surface area contributed by atoms with Crippen LogP contribution in [-0.2, 0) is 9.53 Å². The molecule has 0 saturated carbocycles. The molecule has 8 nitrogen and oxygen atoms in total. The third-order valence-electron chi connectivity index (χ3n) is 7.98. The van der Waals surface area contributed by atoms with Gasteiger partial charge in [-0.25, -0.2) is 0 Å². The summed E-state index contributed by atoms with van der Waals surface area (Å²) in [7, 11) is 1.59. The fourth-order valence-corrected chi connectivity index (χ4v) is 5.62. The number of amides is 3. The zero-order chi connectivity index (χ0) is 28.3. The van der Waals surface area contributed by atoms with Crippen LogP contribution >= 0.6 is 0 Å². The number of carbonyl (C=O) groups excluding carboxylic acids is 3. The van der Waals surface area contributed by atoms with Gasteiger partial charge in [0.2, 0.25) is 5.91 Å². The van der Waals surface area contributed by atoms with Crippen LogP contribution in [0, 0.1) is 6.92 Å². The number of nitrogens with one attached hydrogen (secondary N) is 1. The predicted molar refractivity (Wildman–Crippen MR) is 151 cm³/mol. The zero-order valence-corrected chi connectivity index (χ0v) is 23.1. The Morgan fingerprint density at radius 2 is 1.57 bits per heavy atom. The van der Waals surface area contributed by atoms with Gasteiger partial charge < -0.3 is 19.7 Å². The molecule has 208 valence electrons. The van der Waals surface area contributed by atoms with Crippen molar-refractivity contribution in [3.63, 3.8) is 0 Å². The molecule has 2 fully saturated rings. The van der Waals surface area contributed by atoms with Crippen LogP contribution in [0.2, 0.25) is 0 Å². The maximum absolute atomic E-state index is 14.1. The summed E-state index contributed by atoms with van der Waals surface area (Å²) in [6.45, 7) is 4.71. The zero-order valence-electron chi connectivity index (χ0n) is 23.1. The molecule has 40 heavy (non-hydrogen) atoms. The topological polar surface area (TPSA) is 88.2 Å². The van der Waals surface area contributed by atoms with Crippen molar-refractivity contribution in [1.29, 1.82) is 0 Å². The lowest BCUT2D eigenvalue weighted by atomic mass is 9.95. The molecule has 3 amide bonds. The summed E-state index contributed by atoms with van der Waals surface area (Å²) in [5, 5.41) is 3.08. The second-order valence-electron chi connectivity index (χ2n) is 10.4. The molecule has 5 rings (SSSR count). The molecule has 0 bridgehead atoms. The van der Waals surface area contributed by atoms with Gasteiger partial charge in [-0.15, -0.1) is 0 Å². The number of methoxy groups -OCH3 is 1. The number of likely N-dealkylation sites (tertiary alicyclic amines) is 1. The molecule has 2 saturated heterocycles. The van der Waals surface area contributed by atoms with E-state index in [9.17, 15) is 14.4 Å². The number of rotatable bonds is 6. The first kappa shape index (κ1) is 27.4. The summed E-state index contributed by atoms with van der Waals surface area (Å²) in [6, 6.07) is 23.1. The molecule has 2 atom stereocenters. The smallest absolute Gasteiger partial charge is 0.257 e. The third-order valence-corrected chi connectivity index (χ3v) is 7.98. The summed E-state index contributed by atoms with van der Waals surface area (Å²) >= 11 is 0. The second kappa shape index (κ2) is 11.5. The van der Waals surface area contributed by atoms with E-state index in [1.54, 1.807) is 47.2 Å². The lowest BCUT2D eigenvalue weighted by molar-refractivity contribution is -0.128. The Morgan fingerprint density at radius 3 is 2.23 bits per heavy atom. The van der Waals surface area contributed by atoms with Crippen molar-refractivity contribution in [2.45, 2.75) is 44.5 Å². The molecular formula is C32H35N3O5. The number of nitrogens with zero attached hydrogens (tertiary/aromatic N) is 2. The van der Waals surface area contributed by atoms with Gasteiger partial charge in [0.1, 0.15) is 17.5 Å². The van der Waals surface area contributed by atoms with E-state index >= 15 is 0 Å². The van der Waals surface area contributed by atoms with Gasteiger partial charge in [-0.1, -0.05) is 48.5 Å². The average molecular weight is 542 g/mol. The van der Waals surface area contributed by atoms with Crippen LogP contribution in [0.15, 0.2) is 78.9 Å². The molecule has 2 aliphatic rings. The van der Waals surface area contributed by atoms with Gasteiger partial charge in [-0.3, -0.25) is 19.3 Å². The van der Waals surface area contributed by atoms with Crippen LogP contribution in [0.5, 0.6) is 5.75 Å². The first-order chi connectivity index (χ1) is 19.3. The number of carbonyl (C=O) groups is 3. The minimum absolute atomic E-state index is 0.0849. The molecule has 1 spiro atoms. The van der Waals surface area contributed by atoms with Crippen LogP contribution in [0.25, 0.3) is 0 Å². The van der Waals surface area contributed by atoms with Crippen molar-refractivity contribution < 1.29 is 23.9 Å². The van der Waals surface area contributed by atoms with E-state index < -0.39 is 11.8 Å². The maximum atomic E-state index is 14.1. The molecule has 2 heterocycles. The van der Waals surface area contributed by atoms with Crippen molar-refractivity contribution in [2.75, 3.05) is 26.8 Å². The Kier molecular flexibility index (Phi) is 7.89. The van der Waals surface area contributed by atoms with E-state index in [-0.39, 0.29) is 30.4 Å². The lowest BCUT2D eigenvalue weighted by Gasteiger charge is -2.44. The van der Waals surface area contributed by atoms with Gasteiger partial charge in [0.15, 0.2) is 0 Å². The van der Waals surface area contributed by atoms with Gasteiger partial charge in [-0.2, -0.15) is 0 Å². The first-order valence-electron chi connectivity index (χ1n) is 13.6. The van der Waals surface area contributed by atoms with Gasteiger partial charge in [0.25, 0.3) is 11.8 Å². The first-order valence-corrected chi connectivity index (χ1v) is 13.6. The maximum Gasteiger partial charge on any atom is 0.257 e. The fourth-order valence-electron chi connectivity index (χ4n) is 5.62. The van der Waals surface area contributed by atoms with E-state index in [1.807, 2.05) is 62.4 Å². The Hall–Kier alpha value is -4.17. The van der Waals surface area contributed by atoms with E-state index in [0.29, 0.717) is 42.8 Å². The van der Waals surface area contributed by atoms with Crippen LogP contribution in [0.1, 0.15) is 57.7 Å². The van der Waals surface area contributed by atoms with Crippen LogP contribution in [0.3, 0.4) is 0 Å². The molecule has 0 radical (unpaired) electrons. The third kappa shape index (κ3) is 5.31. The molecule has 0 unspecified atom stereocenters.